The highest BCUT2D eigenvalue weighted by Gasteiger charge is 2.29. The molecule has 2 amide bonds. The summed E-state index contributed by atoms with van der Waals surface area (Å²) in [5, 5.41) is 15.2. The Kier molecular flexibility index (Phi) is 6.52. The highest BCUT2D eigenvalue weighted by atomic mass is 16.6. The van der Waals surface area contributed by atoms with Crippen LogP contribution in [0, 0.1) is 0 Å². The van der Waals surface area contributed by atoms with E-state index in [0.717, 1.165) is 30.5 Å². The molecule has 0 heterocycles. The van der Waals surface area contributed by atoms with Gasteiger partial charge in [0.25, 0.3) is 0 Å². The summed E-state index contributed by atoms with van der Waals surface area (Å²) in [5.41, 5.74) is 3.61. The molecular weight excluding hydrogens is 344 g/mol. The predicted molar refractivity (Wildman–Crippen MR) is 106 cm³/mol. The van der Waals surface area contributed by atoms with Gasteiger partial charge < -0.3 is 20.5 Å². The zero-order valence-electron chi connectivity index (χ0n) is 17.0. The molecule has 1 atom stereocenters. The molecule has 3 N–H and O–H groups in total. The number of anilines is 1. The zero-order chi connectivity index (χ0) is 20.2. The minimum absolute atomic E-state index is 0.0660. The van der Waals surface area contributed by atoms with Crippen molar-refractivity contribution in [1.29, 1.82) is 0 Å². The highest BCUT2D eigenvalue weighted by Crippen LogP contribution is 2.39. The van der Waals surface area contributed by atoms with Gasteiger partial charge in [-0.25, -0.2) is 4.79 Å². The number of aliphatic hydroxyl groups is 1. The van der Waals surface area contributed by atoms with Crippen molar-refractivity contribution in [2.75, 3.05) is 11.9 Å². The van der Waals surface area contributed by atoms with Gasteiger partial charge in [-0.15, -0.1) is 0 Å². The smallest absolute Gasteiger partial charge is 0.407 e. The van der Waals surface area contributed by atoms with E-state index in [0.29, 0.717) is 12.8 Å². The third-order valence-electron chi connectivity index (χ3n) is 4.93. The molecule has 1 aliphatic carbocycles. The first-order valence-corrected chi connectivity index (χ1v) is 9.52. The van der Waals surface area contributed by atoms with E-state index < -0.39 is 17.7 Å². The van der Waals surface area contributed by atoms with Crippen LogP contribution < -0.4 is 10.6 Å². The van der Waals surface area contributed by atoms with Crippen molar-refractivity contribution in [1.82, 2.24) is 5.32 Å². The van der Waals surface area contributed by atoms with Crippen LogP contribution in [0.25, 0.3) is 0 Å². The van der Waals surface area contributed by atoms with Gasteiger partial charge in [0.05, 0.1) is 12.6 Å². The monoisotopic (exact) mass is 376 g/mol. The molecule has 0 saturated carbocycles. The van der Waals surface area contributed by atoms with Crippen LogP contribution in [0.5, 0.6) is 0 Å². The number of hydrogen-bond donors (Lipinski definition) is 3. The fourth-order valence-electron chi connectivity index (χ4n) is 3.66. The normalized spacial score (nSPS) is 16.8. The first-order chi connectivity index (χ1) is 12.6. The third kappa shape index (κ3) is 5.70. The summed E-state index contributed by atoms with van der Waals surface area (Å²) in [5.74, 6) is 0. The number of aryl methyl sites for hydroxylation is 1. The van der Waals surface area contributed by atoms with Gasteiger partial charge in [-0.05, 0) is 74.6 Å². The molecule has 1 aromatic rings. The summed E-state index contributed by atoms with van der Waals surface area (Å²) in [4.78, 5) is 23.1. The lowest BCUT2D eigenvalue weighted by atomic mass is 9.72. The molecule has 0 bridgehead atoms. The maximum atomic E-state index is 12.0. The van der Waals surface area contributed by atoms with Gasteiger partial charge in [0.2, 0.25) is 6.41 Å². The van der Waals surface area contributed by atoms with Crippen LogP contribution >= 0.6 is 0 Å². The fourth-order valence-corrected chi connectivity index (χ4v) is 3.66. The lowest BCUT2D eigenvalue weighted by Gasteiger charge is -2.34. The fraction of sp³-hybridized carbons (Fsp3) is 0.619. The molecule has 1 aliphatic rings. The predicted octanol–water partition coefficient (Wildman–Crippen LogP) is 3.30. The summed E-state index contributed by atoms with van der Waals surface area (Å²) < 4.78 is 5.27. The number of nitrogens with one attached hydrogen (secondary N) is 2. The second kappa shape index (κ2) is 8.30. The standard InChI is InChI=1S/C21H32N2O4/c1-20(2,3)27-19(26)23-16(12-24)10-15-9-14-7-6-8-21(4,5)17(14)11-18(15)22-13-25/h9,11,13,16,24H,6-8,10,12H2,1-5H3,(H,22,25)(H,23,26). The number of hydrogen-bond acceptors (Lipinski definition) is 4. The van der Waals surface area contributed by atoms with Crippen molar-refractivity contribution in [3.05, 3.63) is 28.8 Å². The van der Waals surface area contributed by atoms with Crippen molar-refractivity contribution in [3.63, 3.8) is 0 Å². The van der Waals surface area contributed by atoms with Crippen molar-refractivity contribution in [2.24, 2.45) is 0 Å². The van der Waals surface area contributed by atoms with Crippen molar-refractivity contribution < 1.29 is 19.4 Å². The Morgan fingerprint density at radius 1 is 1.37 bits per heavy atom. The van der Waals surface area contributed by atoms with E-state index >= 15 is 0 Å². The molecule has 1 unspecified atom stereocenters. The molecule has 0 aromatic heterocycles. The molecule has 0 fully saturated rings. The molecule has 0 radical (unpaired) electrons. The van der Waals surface area contributed by atoms with Gasteiger partial charge in [-0.3, -0.25) is 4.79 Å². The van der Waals surface area contributed by atoms with Gasteiger partial charge in [0.1, 0.15) is 5.60 Å². The Balaban J connectivity index is 2.25. The molecule has 2 rings (SSSR count). The Labute approximate surface area is 161 Å². The topological polar surface area (TPSA) is 87.7 Å². The molecule has 27 heavy (non-hydrogen) atoms. The minimum atomic E-state index is -0.605. The van der Waals surface area contributed by atoms with E-state index in [9.17, 15) is 14.7 Å². The van der Waals surface area contributed by atoms with Crippen LogP contribution in [-0.4, -0.2) is 35.9 Å². The van der Waals surface area contributed by atoms with E-state index in [1.54, 1.807) is 20.8 Å². The van der Waals surface area contributed by atoms with Crippen LogP contribution in [0.4, 0.5) is 10.5 Å². The maximum Gasteiger partial charge on any atom is 0.407 e. The SMILES string of the molecule is CC(C)(C)OC(=O)NC(CO)Cc1cc2c(cc1NC=O)C(C)(C)CCC2. The average molecular weight is 376 g/mol. The Morgan fingerprint density at radius 3 is 2.67 bits per heavy atom. The first-order valence-electron chi connectivity index (χ1n) is 9.52. The second-order valence-corrected chi connectivity index (χ2v) is 8.90. The number of aliphatic hydroxyl groups excluding tert-OH is 1. The molecule has 6 nitrogen and oxygen atoms in total. The molecule has 150 valence electrons. The number of benzene rings is 1. The van der Waals surface area contributed by atoms with Crippen LogP contribution in [0.1, 0.15) is 64.2 Å². The van der Waals surface area contributed by atoms with E-state index in [-0.39, 0.29) is 12.0 Å². The first kappa shape index (κ1) is 21.2. The third-order valence-corrected chi connectivity index (χ3v) is 4.93. The Bertz CT molecular complexity index is 692. The Hall–Kier alpha value is -2.08. The van der Waals surface area contributed by atoms with Gasteiger partial charge in [0, 0.05) is 5.69 Å². The molecule has 1 aromatic carbocycles. The van der Waals surface area contributed by atoms with Crippen LogP contribution in [-0.2, 0) is 27.8 Å². The molecule has 0 aliphatic heterocycles. The summed E-state index contributed by atoms with van der Waals surface area (Å²) in [6.45, 7) is 9.59. The number of amides is 2. The lowest BCUT2D eigenvalue weighted by Crippen LogP contribution is -2.42. The van der Waals surface area contributed by atoms with Gasteiger partial charge in [-0.1, -0.05) is 19.9 Å². The largest absolute Gasteiger partial charge is 0.444 e. The number of carbonyl (C=O) groups excluding carboxylic acids is 2. The van der Waals surface area contributed by atoms with Crippen molar-refractivity contribution >= 4 is 18.2 Å². The number of rotatable bonds is 6. The average Bonchev–Trinajstić information content (AvgIpc) is 2.53. The highest BCUT2D eigenvalue weighted by molar-refractivity contribution is 5.75. The Morgan fingerprint density at radius 2 is 2.07 bits per heavy atom. The maximum absolute atomic E-state index is 12.0. The van der Waals surface area contributed by atoms with E-state index in [1.807, 2.05) is 6.07 Å². The van der Waals surface area contributed by atoms with E-state index in [4.69, 9.17) is 4.74 Å². The van der Waals surface area contributed by atoms with Crippen molar-refractivity contribution in [2.45, 2.75) is 77.4 Å². The summed E-state index contributed by atoms with van der Waals surface area (Å²) in [6.07, 6.45) is 3.73. The molecule has 0 saturated heterocycles. The number of fused-ring (bicyclic) bond motifs is 1. The van der Waals surface area contributed by atoms with E-state index in [1.165, 1.54) is 11.1 Å². The van der Waals surface area contributed by atoms with Gasteiger partial charge in [0.15, 0.2) is 0 Å². The number of carbonyl (C=O) groups is 2. The quantitative estimate of drug-likeness (QED) is 0.665. The summed E-state index contributed by atoms with van der Waals surface area (Å²) in [7, 11) is 0. The zero-order valence-corrected chi connectivity index (χ0v) is 17.0. The summed E-state index contributed by atoms with van der Waals surface area (Å²) >= 11 is 0. The second-order valence-electron chi connectivity index (χ2n) is 8.90. The molecule has 0 spiro atoms. The number of alkyl carbamates (subject to hydrolysis) is 1. The number of ether oxygens (including phenoxy) is 1. The van der Waals surface area contributed by atoms with Gasteiger partial charge in [-0.2, -0.15) is 0 Å². The molecular formula is C21H32N2O4. The van der Waals surface area contributed by atoms with Crippen LogP contribution in [0.15, 0.2) is 12.1 Å². The van der Waals surface area contributed by atoms with Gasteiger partial charge >= 0.3 is 6.09 Å². The summed E-state index contributed by atoms with van der Waals surface area (Å²) in [6, 6.07) is 3.64. The molecule has 6 heteroatoms. The van der Waals surface area contributed by atoms with E-state index in [2.05, 4.69) is 30.5 Å². The van der Waals surface area contributed by atoms with Crippen LogP contribution in [0.2, 0.25) is 0 Å². The van der Waals surface area contributed by atoms with Crippen LogP contribution in [0.3, 0.4) is 0 Å². The lowest BCUT2D eigenvalue weighted by molar-refractivity contribution is -0.105. The minimum Gasteiger partial charge on any atom is -0.444 e. The van der Waals surface area contributed by atoms with Crippen molar-refractivity contribution in [3.8, 4) is 0 Å².